The van der Waals surface area contributed by atoms with E-state index in [1.54, 1.807) is 0 Å². The minimum absolute atomic E-state index is 0.239. The number of H-pyrrole nitrogens is 1. The number of aromatic amines is 1. The number of rotatable bonds is 6. The molecule has 2 N–H and O–H groups in total. The molecule has 3 heterocycles. The maximum atomic E-state index is 11.2. The largest absolute Gasteiger partial charge is 0.481 e. The number of aliphatic carboxylic acids is 1. The number of nitrogens with one attached hydrogen (secondary N) is 1. The van der Waals surface area contributed by atoms with Crippen LogP contribution in [0.4, 0.5) is 0 Å². The van der Waals surface area contributed by atoms with Crippen molar-refractivity contribution in [1.29, 1.82) is 0 Å². The first-order valence-electron chi connectivity index (χ1n) is 10.7. The van der Waals surface area contributed by atoms with Gasteiger partial charge in [-0.1, -0.05) is 6.07 Å². The normalized spacial score (nSPS) is 24.2. The topological polar surface area (TPSA) is 81.7 Å². The van der Waals surface area contributed by atoms with Crippen molar-refractivity contribution in [1.82, 2.24) is 19.8 Å². The van der Waals surface area contributed by atoms with E-state index < -0.39 is 5.97 Å². The summed E-state index contributed by atoms with van der Waals surface area (Å²) in [7, 11) is 0. The zero-order chi connectivity index (χ0) is 20.4. The van der Waals surface area contributed by atoms with Crippen LogP contribution in [0.5, 0.6) is 0 Å². The maximum Gasteiger partial charge on any atom is 0.303 e. The van der Waals surface area contributed by atoms with Crippen molar-refractivity contribution in [3.05, 3.63) is 29.1 Å². The third kappa shape index (κ3) is 4.63. The fraction of sp³-hybridized carbons (Fsp3) is 0.636. The summed E-state index contributed by atoms with van der Waals surface area (Å²) in [6.07, 6.45) is 2.04. The van der Waals surface area contributed by atoms with Gasteiger partial charge in [0.1, 0.15) is 5.82 Å². The molecule has 0 amide bonds. The van der Waals surface area contributed by atoms with Crippen LogP contribution in [0.1, 0.15) is 36.2 Å². The molecule has 7 heteroatoms. The van der Waals surface area contributed by atoms with E-state index in [4.69, 9.17) is 9.72 Å². The molecule has 4 rings (SSSR count). The number of piperidine rings is 1. The molecule has 2 fully saturated rings. The Balaban J connectivity index is 1.46. The maximum absolute atomic E-state index is 11.2. The van der Waals surface area contributed by atoms with Crippen LogP contribution in [-0.2, 0) is 16.1 Å². The average Bonchev–Trinajstić information content (AvgIpc) is 3.13. The quantitative estimate of drug-likeness (QED) is 0.776. The summed E-state index contributed by atoms with van der Waals surface area (Å²) in [4.78, 5) is 24.5. The lowest BCUT2D eigenvalue weighted by atomic mass is 9.86. The molecule has 2 aromatic rings. The predicted octanol–water partition coefficient (Wildman–Crippen LogP) is 2.57. The number of ether oxygens (including phenoxy) is 1. The van der Waals surface area contributed by atoms with Gasteiger partial charge in [0.25, 0.3) is 0 Å². The van der Waals surface area contributed by atoms with Crippen molar-refractivity contribution in [3.63, 3.8) is 0 Å². The second-order valence-electron chi connectivity index (χ2n) is 8.52. The second-order valence-corrected chi connectivity index (χ2v) is 8.52. The predicted molar refractivity (Wildman–Crippen MR) is 112 cm³/mol. The molecule has 2 aliphatic heterocycles. The van der Waals surface area contributed by atoms with Crippen molar-refractivity contribution < 1.29 is 14.6 Å². The number of likely N-dealkylation sites (tertiary alicyclic amines) is 1. The number of carboxylic acid groups (broad SMARTS) is 1. The van der Waals surface area contributed by atoms with Gasteiger partial charge in [-0.15, -0.1) is 0 Å². The number of fused-ring (bicyclic) bond motifs is 1. The molecule has 7 nitrogen and oxygen atoms in total. The van der Waals surface area contributed by atoms with Crippen LogP contribution >= 0.6 is 0 Å². The van der Waals surface area contributed by atoms with Gasteiger partial charge in [-0.2, -0.15) is 0 Å². The van der Waals surface area contributed by atoms with Gasteiger partial charge in [0.15, 0.2) is 0 Å². The van der Waals surface area contributed by atoms with Crippen molar-refractivity contribution >= 4 is 17.0 Å². The van der Waals surface area contributed by atoms with Crippen LogP contribution in [0.3, 0.4) is 0 Å². The van der Waals surface area contributed by atoms with E-state index in [0.29, 0.717) is 12.0 Å². The van der Waals surface area contributed by atoms with Crippen molar-refractivity contribution in [2.45, 2.75) is 45.7 Å². The van der Waals surface area contributed by atoms with Crippen molar-refractivity contribution in [3.8, 4) is 0 Å². The zero-order valence-corrected chi connectivity index (χ0v) is 17.5. The minimum Gasteiger partial charge on any atom is -0.481 e. The zero-order valence-electron chi connectivity index (χ0n) is 17.5. The first-order valence-corrected chi connectivity index (χ1v) is 10.7. The summed E-state index contributed by atoms with van der Waals surface area (Å²) in [6.45, 7) is 10.4. The summed E-state index contributed by atoms with van der Waals surface area (Å²) < 4.78 is 5.51. The van der Waals surface area contributed by atoms with Crippen molar-refractivity contribution in [2.75, 3.05) is 39.4 Å². The average molecular weight is 401 g/mol. The van der Waals surface area contributed by atoms with E-state index in [9.17, 15) is 9.90 Å². The van der Waals surface area contributed by atoms with E-state index in [0.717, 1.165) is 75.6 Å². The number of aromatic nitrogens is 2. The number of hydrogen-bond donors (Lipinski definition) is 2. The highest BCUT2D eigenvalue weighted by molar-refractivity contribution is 5.79. The molecule has 158 valence electrons. The molecule has 0 radical (unpaired) electrons. The molecule has 0 bridgehead atoms. The Morgan fingerprint density at radius 2 is 2.07 bits per heavy atom. The number of benzene rings is 1. The van der Waals surface area contributed by atoms with Gasteiger partial charge in [0, 0.05) is 38.6 Å². The molecule has 0 aliphatic carbocycles. The third-order valence-corrected chi connectivity index (χ3v) is 6.62. The summed E-state index contributed by atoms with van der Waals surface area (Å²) in [5.74, 6) is 0.660. The Hall–Kier alpha value is -1.96. The summed E-state index contributed by atoms with van der Waals surface area (Å²) in [5.41, 5.74) is 4.64. The molecule has 1 aromatic heterocycles. The lowest BCUT2D eigenvalue weighted by molar-refractivity contribution is -0.137. The fourth-order valence-electron chi connectivity index (χ4n) is 4.87. The van der Waals surface area contributed by atoms with Gasteiger partial charge in [-0.3, -0.25) is 14.6 Å². The summed E-state index contributed by atoms with van der Waals surface area (Å²) in [6, 6.07) is 4.69. The number of aryl methyl sites for hydroxylation is 2. The van der Waals surface area contributed by atoms with Crippen LogP contribution < -0.4 is 0 Å². The molecule has 1 aromatic carbocycles. The molecule has 0 saturated carbocycles. The highest BCUT2D eigenvalue weighted by atomic mass is 16.5. The lowest BCUT2D eigenvalue weighted by Crippen LogP contribution is -2.53. The monoisotopic (exact) mass is 400 g/mol. The number of carbonyl (C=O) groups is 1. The van der Waals surface area contributed by atoms with Crippen molar-refractivity contribution in [2.24, 2.45) is 5.92 Å². The van der Waals surface area contributed by atoms with Crippen LogP contribution in [0.15, 0.2) is 12.1 Å². The molecule has 2 atom stereocenters. The number of carboxylic acids is 1. The summed E-state index contributed by atoms with van der Waals surface area (Å²) >= 11 is 0. The fourth-order valence-corrected chi connectivity index (χ4v) is 4.87. The first-order chi connectivity index (χ1) is 14.0. The molecule has 2 unspecified atom stereocenters. The Morgan fingerprint density at radius 1 is 1.28 bits per heavy atom. The number of nitrogens with zero attached hydrogens (tertiary/aromatic N) is 3. The Labute approximate surface area is 172 Å². The Kier molecular flexibility index (Phi) is 6.18. The van der Waals surface area contributed by atoms with Crippen LogP contribution in [0.25, 0.3) is 11.0 Å². The van der Waals surface area contributed by atoms with E-state index in [1.807, 2.05) is 0 Å². The SMILES string of the molecule is Cc1ccc2[nH]c(CN3CCC(N4CCOCC4)C(CCC(=O)O)C3)nc2c1C. The third-order valence-electron chi connectivity index (χ3n) is 6.62. The van der Waals surface area contributed by atoms with Gasteiger partial charge >= 0.3 is 5.97 Å². The van der Waals surface area contributed by atoms with E-state index in [1.165, 1.54) is 11.1 Å². The molecule has 29 heavy (non-hydrogen) atoms. The molecular formula is C22H32N4O3. The molecule has 2 aliphatic rings. The standard InChI is InChI=1S/C22H32N4O3/c1-15-3-5-18-22(16(15)2)24-20(23-18)14-25-8-7-19(26-9-11-29-12-10-26)17(13-25)4-6-21(27)28/h3,5,17,19H,4,6-14H2,1-2H3,(H,23,24)(H,27,28). The number of morpholine rings is 1. The smallest absolute Gasteiger partial charge is 0.303 e. The van der Waals surface area contributed by atoms with E-state index in [2.05, 4.69) is 40.8 Å². The highest BCUT2D eigenvalue weighted by Gasteiger charge is 2.34. The van der Waals surface area contributed by atoms with Gasteiger partial charge in [0.2, 0.25) is 0 Å². The van der Waals surface area contributed by atoms with E-state index in [-0.39, 0.29) is 6.42 Å². The first kappa shape index (κ1) is 20.3. The van der Waals surface area contributed by atoms with Gasteiger partial charge < -0.3 is 14.8 Å². The van der Waals surface area contributed by atoms with Gasteiger partial charge in [-0.25, -0.2) is 4.98 Å². The highest BCUT2D eigenvalue weighted by Crippen LogP contribution is 2.28. The Morgan fingerprint density at radius 3 is 2.83 bits per heavy atom. The summed E-state index contributed by atoms with van der Waals surface area (Å²) in [5, 5.41) is 9.21. The van der Waals surface area contributed by atoms with Crippen LogP contribution in [-0.4, -0.2) is 76.3 Å². The Bertz CT molecular complexity index is 859. The number of imidazole rings is 1. The molecule has 0 spiro atoms. The van der Waals surface area contributed by atoms with Crippen LogP contribution in [0, 0.1) is 19.8 Å². The minimum atomic E-state index is -0.703. The van der Waals surface area contributed by atoms with E-state index >= 15 is 0 Å². The van der Waals surface area contributed by atoms with Gasteiger partial charge in [-0.05, 0) is 49.8 Å². The second kappa shape index (κ2) is 8.81. The van der Waals surface area contributed by atoms with Gasteiger partial charge in [0.05, 0.1) is 30.8 Å². The van der Waals surface area contributed by atoms with Crippen LogP contribution in [0.2, 0.25) is 0 Å². The number of hydrogen-bond acceptors (Lipinski definition) is 5. The molecule has 2 saturated heterocycles. The lowest BCUT2D eigenvalue weighted by Gasteiger charge is -2.45. The molecular weight excluding hydrogens is 368 g/mol.